The van der Waals surface area contributed by atoms with Gasteiger partial charge in [0.1, 0.15) is 0 Å². The molecule has 4 nitrogen and oxygen atoms in total. The molecule has 316 valence electrons. The molecule has 5 rings (SSSR count). The molecule has 0 heterocycles. The molecule has 0 bridgehead atoms. The summed E-state index contributed by atoms with van der Waals surface area (Å²) in [6.07, 6.45) is 16.9. The van der Waals surface area contributed by atoms with Crippen LogP contribution < -0.4 is 5.32 Å². The highest BCUT2D eigenvalue weighted by Crippen LogP contribution is 2.11. The SMILES string of the molecule is c1ccc(CCCNCCCN(CCCCN(CCCc2ccccc2)CCCN(CCCc2ccccc2)CCCc2ccccc2)CCCc2ccccc2)cc1. The Labute approximate surface area is 360 Å². The summed E-state index contributed by atoms with van der Waals surface area (Å²) >= 11 is 0. The van der Waals surface area contributed by atoms with Crippen molar-refractivity contribution in [2.75, 3.05) is 72.0 Å². The van der Waals surface area contributed by atoms with Crippen LogP contribution in [0.2, 0.25) is 0 Å². The number of nitrogens with zero attached hydrogens (tertiary/aromatic N) is 3. The first kappa shape index (κ1) is 46.0. The predicted octanol–water partition coefficient (Wildman–Crippen LogP) is 11.2. The second-order valence-corrected chi connectivity index (χ2v) is 16.6. The lowest BCUT2D eigenvalue weighted by Gasteiger charge is -2.27. The molecule has 0 saturated carbocycles. The largest absolute Gasteiger partial charge is 0.317 e. The molecular weight excluding hydrogens is 717 g/mol. The first-order chi connectivity index (χ1) is 29.3. The summed E-state index contributed by atoms with van der Waals surface area (Å²) in [5.41, 5.74) is 7.29. The van der Waals surface area contributed by atoms with Crippen molar-refractivity contribution in [1.82, 2.24) is 20.0 Å². The van der Waals surface area contributed by atoms with E-state index in [1.54, 1.807) is 0 Å². The Morgan fingerprint density at radius 1 is 0.237 bits per heavy atom. The van der Waals surface area contributed by atoms with E-state index < -0.39 is 0 Å². The Hall–Kier alpha value is -4.06. The van der Waals surface area contributed by atoms with E-state index in [2.05, 4.69) is 172 Å². The lowest BCUT2D eigenvalue weighted by Crippen LogP contribution is -2.33. The molecule has 4 heteroatoms. The van der Waals surface area contributed by atoms with Crippen LogP contribution in [0.15, 0.2) is 152 Å². The van der Waals surface area contributed by atoms with Crippen molar-refractivity contribution >= 4 is 0 Å². The Balaban J connectivity index is 1.07. The molecule has 0 amide bonds. The molecule has 5 aromatic rings. The number of nitrogens with one attached hydrogen (secondary N) is 1. The van der Waals surface area contributed by atoms with Crippen LogP contribution in [0.4, 0.5) is 0 Å². The molecule has 0 unspecified atom stereocenters. The van der Waals surface area contributed by atoms with Crippen LogP contribution in [0.1, 0.15) is 85.6 Å². The van der Waals surface area contributed by atoms with Crippen molar-refractivity contribution in [3.8, 4) is 0 Å². The summed E-state index contributed by atoms with van der Waals surface area (Å²) in [7, 11) is 0. The van der Waals surface area contributed by atoms with Crippen LogP contribution in [0.3, 0.4) is 0 Å². The summed E-state index contributed by atoms with van der Waals surface area (Å²) in [5, 5.41) is 3.73. The van der Waals surface area contributed by atoms with Gasteiger partial charge in [-0.05, 0) is 190 Å². The zero-order chi connectivity index (χ0) is 40.7. The van der Waals surface area contributed by atoms with E-state index in [9.17, 15) is 0 Å². The molecule has 0 aromatic heterocycles. The molecule has 5 aromatic carbocycles. The molecule has 0 radical (unpaired) electrons. The number of hydrogen-bond donors (Lipinski definition) is 1. The zero-order valence-corrected chi connectivity index (χ0v) is 36.5. The van der Waals surface area contributed by atoms with Crippen LogP contribution in [0.25, 0.3) is 0 Å². The fourth-order valence-corrected chi connectivity index (χ4v) is 8.42. The minimum Gasteiger partial charge on any atom is -0.317 e. The second-order valence-electron chi connectivity index (χ2n) is 16.6. The van der Waals surface area contributed by atoms with Crippen molar-refractivity contribution in [3.05, 3.63) is 179 Å². The maximum atomic E-state index is 3.73. The number of aryl methyl sites for hydroxylation is 5. The van der Waals surface area contributed by atoms with Crippen molar-refractivity contribution < 1.29 is 0 Å². The van der Waals surface area contributed by atoms with Gasteiger partial charge in [-0.2, -0.15) is 0 Å². The van der Waals surface area contributed by atoms with Crippen molar-refractivity contribution in [2.45, 2.75) is 89.9 Å². The van der Waals surface area contributed by atoms with Gasteiger partial charge < -0.3 is 20.0 Å². The van der Waals surface area contributed by atoms with Gasteiger partial charge in [0.15, 0.2) is 0 Å². The van der Waals surface area contributed by atoms with Gasteiger partial charge in [0.05, 0.1) is 0 Å². The van der Waals surface area contributed by atoms with Crippen molar-refractivity contribution in [3.63, 3.8) is 0 Å². The first-order valence-electron chi connectivity index (χ1n) is 23.4. The summed E-state index contributed by atoms with van der Waals surface area (Å²) in [5.74, 6) is 0. The van der Waals surface area contributed by atoms with Gasteiger partial charge >= 0.3 is 0 Å². The summed E-state index contributed by atoms with van der Waals surface area (Å²) in [6.45, 7) is 12.9. The van der Waals surface area contributed by atoms with E-state index in [0.717, 1.165) is 38.8 Å². The molecular formula is C55H76N4. The van der Waals surface area contributed by atoms with Gasteiger partial charge in [-0.25, -0.2) is 0 Å². The summed E-state index contributed by atoms with van der Waals surface area (Å²) < 4.78 is 0. The standard InChI is InChI=1S/C55H76N4/c1-6-25-51(26-7-1)35-18-40-56-41-23-48-57(44-19-36-52-27-8-2-9-28-52)42-16-17-43-58(45-20-37-53-29-10-3-11-30-53)49-24-50-59(46-21-38-54-31-12-4-13-32-54)47-22-39-55-33-14-5-15-34-55/h1-15,25-34,56H,16-24,35-50H2. The zero-order valence-electron chi connectivity index (χ0n) is 36.5. The minimum atomic E-state index is 1.10. The Kier molecular flexibility index (Phi) is 23.4. The fraction of sp³-hybridized carbons (Fsp3) is 0.455. The van der Waals surface area contributed by atoms with Gasteiger partial charge in [0.2, 0.25) is 0 Å². The molecule has 0 atom stereocenters. The average molecular weight is 793 g/mol. The van der Waals surface area contributed by atoms with Gasteiger partial charge in [-0.1, -0.05) is 152 Å². The number of hydrogen-bond acceptors (Lipinski definition) is 4. The topological polar surface area (TPSA) is 21.8 Å². The van der Waals surface area contributed by atoms with E-state index in [0.29, 0.717) is 0 Å². The van der Waals surface area contributed by atoms with E-state index in [4.69, 9.17) is 0 Å². The van der Waals surface area contributed by atoms with Gasteiger partial charge in [0.25, 0.3) is 0 Å². The molecule has 0 saturated heterocycles. The quantitative estimate of drug-likeness (QED) is 0.0427. The molecule has 59 heavy (non-hydrogen) atoms. The molecule has 0 fully saturated rings. The lowest BCUT2D eigenvalue weighted by atomic mass is 10.1. The third kappa shape index (κ3) is 21.2. The third-order valence-corrected chi connectivity index (χ3v) is 11.8. The Morgan fingerprint density at radius 3 is 0.797 bits per heavy atom. The van der Waals surface area contributed by atoms with Crippen molar-refractivity contribution in [1.29, 1.82) is 0 Å². The summed E-state index contributed by atoms with van der Waals surface area (Å²) in [6, 6.07) is 55.1. The third-order valence-electron chi connectivity index (χ3n) is 11.8. The molecule has 0 aliphatic rings. The highest BCUT2D eigenvalue weighted by atomic mass is 15.1. The van der Waals surface area contributed by atoms with Crippen LogP contribution in [-0.2, 0) is 32.1 Å². The second kappa shape index (κ2) is 30.0. The van der Waals surface area contributed by atoms with Gasteiger partial charge in [0, 0.05) is 0 Å². The average Bonchev–Trinajstić information content (AvgIpc) is 3.28. The molecule has 0 aliphatic carbocycles. The fourth-order valence-electron chi connectivity index (χ4n) is 8.42. The highest BCUT2D eigenvalue weighted by molar-refractivity contribution is 5.17. The Bertz CT molecular complexity index is 1640. The molecule has 0 aliphatic heterocycles. The van der Waals surface area contributed by atoms with Crippen LogP contribution in [0.5, 0.6) is 0 Å². The van der Waals surface area contributed by atoms with Crippen molar-refractivity contribution in [2.24, 2.45) is 0 Å². The van der Waals surface area contributed by atoms with Gasteiger partial charge in [-0.3, -0.25) is 0 Å². The van der Waals surface area contributed by atoms with Crippen LogP contribution >= 0.6 is 0 Å². The van der Waals surface area contributed by atoms with E-state index >= 15 is 0 Å². The number of unbranched alkanes of at least 4 members (excludes halogenated alkanes) is 1. The first-order valence-corrected chi connectivity index (χ1v) is 23.4. The predicted molar refractivity (Wildman–Crippen MR) is 254 cm³/mol. The van der Waals surface area contributed by atoms with E-state index in [1.165, 1.54) is 151 Å². The molecule has 1 N–H and O–H groups in total. The van der Waals surface area contributed by atoms with Crippen LogP contribution in [0, 0.1) is 0 Å². The monoisotopic (exact) mass is 793 g/mol. The smallest absolute Gasteiger partial charge is 0.000654 e. The minimum absolute atomic E-state index is 1.10. The highest BCUT2D eigenvalue weighted by Gasteiger charge is 2.11. The summed E-state index contributed by atoms with van der Waals surface area (Å²) in [4.78, 5) is 8.32. The normalized spacial score (nSPS) is 11.6. The van der Waals surface area contributed by atoms with Gasteiger partial charge in [-0.15, -0.1) is 0 Å². The van der Waals surface area contributed by atoms with E-state index in [1.807, 2.05) is 0 Å². The van der Waals surface area contributed by atoms with Crippen LogP contribution in [-0.4, -0.2) is 86.7 Å². The maximum Gasteiger partial charge on any atom is -0.000654 e. The Morgan fingerprint density at radius 2 is 0.475 bits per heavy atom. The lowest BCUT2D eigenvalue weighted by molar-refractivity contribution is 0.212. The maximum absolute atomic E-state index is 3.73. The number of benzene rings is 5. The van der Waals surface area contributed by atoms with E-state index in [-0.39, 0.29) is 0 Å². The number of rotatable bonds is 33. The molecule has 0 spiro atoms.